The number of methoxy groups -OCH3 is 1. The van der Waals surface area contributed by atoms with E-state index in [1.165, 1.54) is 5.56 Å². The van der Waals surface area contributed by atoms with Gasteiger partial charge in [0.05, 0.1) is 6.61 Å². The summed E-state index contributed by atoms with van der Waals surface area (Å²) in [6.07, 6.45) is 1.85. The van der Waals surface area contributed by atoms with Gasteiger partial charge in [0.2, 0.25) is 0 Å². The van der Waals surface area contributed by atoms with Crippen LogP contribution < -0.4 is 10.1 Å². The van der Waals surface area contributed by atoms with Crippen LogP contribution in [-0.4, -0.2) is 26.9 Å². The molecule has 0 radical (unpaired) electrons. The van der Waals surface area contributed by atoms with Crippen LogP contribution in [0.4, 0.5) is 0 Å². The van der Waals surface area contributed by atoms with E-state index in [4.69, 9.17) is 9.47 Å². The Balaban J connectivity index is 2.40. The summed E-state index contributed by atoms with van der Waals surface area (Å²) in [6.45, 7) is 6.49. The van der Waals surface area contributed by atoms with Crippen molar-refractivity contribution in [2.75, 3.05) is 26.9 Å². The Bertz CT molecular complexity index is 313. The predicted molar refractivity (Wildman–Crippen MR) is 65.7 cm³/mol. The van der Waals surface area contributed by atoms with Gasteiger partial charge < -0.3 is 14.8 Å². The van der Waals surface area contributed by atoms with Crippen molar-refractivity contribution >= 4 is 0 Å². The number of nitrogens with one attached hydrogen (secondary N) is 1. The van der Waals surface area contributed by atoms with E-state index >= 15 is 0 Å². The van der Waals surface area contributed by atoms with Gasteiger partial charge >= 0.3 is 0 Å². The first-order valence-corrected chi connectivity index (χ1v) is 5.39. The summed E-state index contributed by atoms with van der Waals surface area (Å²) in [7, 11) is 1.67. The van der Waals surface area contributed by atoms with Gasteiger partial charge in [0.25, 0.3) is 0 Å². The molecule has 0 atom stereocenters. The van der Waals surface area contributed by atoms with E-state index in [0.29, 0.717) is 13.2 Å². The third-order valence-corrected chi connectivity index (χ3v) is 2.07. The second-order valence-corrected chi connectivity index (χ2v) is 3.41. The van der Waals surface area contributed by atoms with Crippen LogP contribution in [0.25, 0.3) is 0 Å². The van der Waals surface area contributed by atoms with Crippen LogP contribution >= 0.6 is 0 Å². The van der Waals surface area contributed by atoms with Crippen molar-refractivity contribution in [2.24, 2.45) is 0 Å². The third kappa shape index (κ3) is 4.96. The Labute approximate surface area is 97.1 Å². The summed E-state index contributed by atoms with van der Waals surface area (Å²) >= 11 is 0. The quantitative estimate of drug-likeness (QED) is 0.538. The highest BCUT2D eigenvalue weighted by atomic mass is 16.5. The fourth-order valence-corrected chi connectivity index (χ4v) is 1.31. The largest absolute Gasteiger partial charge is 0.491 e. The predicted octanol–water partition coefficient (Wildman–Crippen LogP) is 1.99. The molecule has 0 bridgehead atoms. The summed E-state index contributed by atoms with van der Waals surface area (Å²) in [5.41, 5.74) is 1.21. The van der Waals surface area contributed by atoms with Crippen molar-refractivity contribution in [1.29, 1.82) is 0 Å². The number of rotatable bonds is 8. The van der Waals surface area contributed by atoms with Gasteiger partial charge in [0.1, 0.15) is 12.4 Å². The van der Waals surface area contributed by atoms with E-state index in [2.05, 4.69) is 18.0 Å². The van der Waals surface area contributed by atoms with Crippen LogP contribution in [0.2, 0.25) is 0 Å². The van der Waals surface area contributed by atoms with Gasteiger partial charge in [-0.05, 0) is 17.7 Å². The average Bonchev–Trinajstić information content (AvgIpc) is 2.30. The molecule has 0 saturated heterocycles. The maximum absolute atomic E-state index is 5.52. The molecule has 0 heterocycles. The lowest BCUT2D eigenvalue weighted by Gasteiger charge is -2.07. The molecule has 3 heteroatoms. The lowest BCUT2D eigenvalue weighted by atomic mass is 10.2. The highest BCUT2D eigenvalue weighted by molar-refractivity contribution is 5.28. The molecule has 3 nitrogen and oxygen atoms in total. The fraction of sp³-hybridized carbons (Fsp3) is 0.385. The van der Waals surface area contributed by atoms with E-state index in [9.17, 15) is 0 Å². The summed E-state index contributed by atoms with van der Waals surface area (Å²) in [4.78, 5) is 0. The molecule has 1 aromatic carbocycles. The molecule has 1 N–H and O–H groups in total. The number of hydrogen-bond acceptors (Lipinski definition) is 3. The number of hydrogen-bond donors (Lipinski definition) is 1. The van der Waals surface area contributed by atoms with Gasteiger partial charge in [-0.3, -0.25) is 0 Å². The Morgan fingerprint density at radius 1 is 1.38 bits per heavy atom. The zero-order valence-corrected chi connectivity index (χ0v) is 9.74. The van der Waals surface area contributed by atoms with Crippen LogP contribution in [-0.2, 0) is 11.3 Å². The molecule has 0 spiro atoms. The standard InChI is InChI=1S/C13H19NO2/c1-3-7-14-11-12-5-4-6-13(10-12)16-9-8-15-2/h3-6,10,14H,1,7-9,11H2,2H3. The van der Waals surface area contributed by atoms with Gasteiger partial charge in [0, 0.05) is 20.2 Å². The Kier molecular flexibility index (Phi) is 6.30. The molecule has 0 unspecified atom stereocenters. The first-order valence-electron chi connectivity index (χ1n) is 5.39. The van der Waals surface area contributed by atoms with Crippen molar-refractivity contribution in [1.82, 2.24) is 5.32 Å². The number of ether oxygens (including phenoxy) is 2. The highest BCUT2D eigenvalue weighted by Gasteiger charge is 1.96. The molecular formula is C13H19NO2. The lowest BCUT2D eigenvalue weighted by molar-refractivity contribution is 0.146. The van der Waals surface area contributed by atoms with E-state index in [1.54, 1.807) is 7.11 Å². The minimum Gasteiger partial charge on any atom is -0.491 e. The van der Waals surface area contributed by atoms with Crippen molar-refractivity contribution in [2.45, 2.75) is 6.54 Å². The fourth-order valence-electron chi connectivity index (χ4n) is 1.31. The van der Waals surface area contributed by atoms with E-state index in [-0.39, 0.29) is 0 Å². The molecule has 0 aromatic heterocycles. The second kappa shape index (κ2) is 7.91. The summed E-state index contributed by atoms with van der Waals surface area (Å²) < 4.78 is 10.4. The van der Waals surface area contributed by atoms with Crippen LogP contribution in [0.5, 0.6) is 5.75 Å². The second-order valence-electron chi connectivity index (χ2n) is 3.41. The molecule has 16 heavy (non-hydrogen) atoms. The zero-order chi connectivity index (χ0) is 11.6. The monoisotopic (exact) mass is 221 g/mol. The lowest BCUT2D eigenvalue weighted by Crippen LogP contribution is -2.12. The minimum atomic E-state index is 0.583. The first-order chi connectivity index (χ1) is 7.86. The van der Waals surface area contributed by atoms with Crippen molar-refractivity contribution in [3.63, 3.8) is 0 Å². The molecule has 0 aliphatic rings. The molecule has 0 fully saturated rings. The van der Waals surface area contributed by atoms with Gasteiger partial charge in [0.15, 0.2) is 0 Å². The maximum Gasteiger partial charge on any atom is 0.119 e. The summed E-state index contributed by atoms with van der Waals surface area (Å²) in [6, 6.07) is 8.05. The SMILES string of the molecule is C=CCNCc1cccc(OCCOC)c1. The van der Waals surface area contributed by atoms with Crippen molar-refractivity contribution in [3.05, 3.63) is 42.5 Å². The Morgan fingerprint density at radius 3 is 3.00 bits per heavy atom. The van der Waals surface area contributed by atoms with Crippen molar-refractivity contribution in [3.8, 4) is 5.75 Å². The third-order valence-electron chi connectivity index (χ3n) is 2.07. The summed E-state index contributed by atoms with van der Waals surface area (Å²) in [5, 5.41) is 3.25. The van der Waals surface area contributed by atoms with Gasteiger partial charge in [-0.15, -0.1) is 6.58 Å². The number of benzene rings is 1. The Morgan fingerprint density at radius 2 is 2.25 bits per heavy atom. The average molecular weight is 221 g/mol. The molecule has 1 aromatic rings. The molecule has 0 saturated carbocycles. The zero-order valence-electron chi connectivity index (χ0n) is 9.74. The van der Waals surface area contributed by atoms with Gasteiger partial charge in [-0.25, -0.2) is 0 Å². The Hall–Kier alpha value is -1.32. The topological polar surface area (TPSA) is 30.5 Å². The highest BCUT2D eigenvalue weighted by Crippen LogP contribution is 2.12. The van der Waals surface area contributed by atoms with Crippen LogP contribution in [0.1, 0.15) is 5.56 Å². The van der Waals surface area contributed by atoms with Gasteiger partial charge in [-0.1, -0.05) is 18.2 Å². The molecular weight excluding hydrogens is 202 g/mol. The van der Waals surface area contributed by atoms with Crippen molar-refractivity contribution < 1.29 is 9.47 Å². The van der Waals surface area contributed by atoms with Crippen LogP contribution in [0, 0.1) is 0 Å². The normalized spacial score (nSPS) is 10.1. The molecule has 0 aliphatic carbocycles. The summed E-state index contributed by atoms with van der Waals surface area (Å²) in [5.74, 6) is 0.884. The van der Waals surface area contributed by atoms with Crippen LogP contribution in [0.3, 0.4) is 0 Å². The molecule has 88 valence electrons. The van der Waals surface area contributed by atoms with Crippen LogP contribution in [0.15, 0.2) is 36.9 Å². The van der Waals surface area contributed by atoms with E-state index in [1.807, 2.05) is 24.3 Å². The smallest absolute Gasteiger partial charge is 0.119 e. The first kappa shape index (κ1) is 12.7. The maximum atomic E-state index is 5.52. The van der Waals surface area contributed by atoms with Gasteiger partial charge in [-0.2, -0.15) is 0 Å². The van der Waals surface area contributed by atoms with E-state index < -0.39 is 0 Å². The molecule has 0 aliphatic heterocycles. The minimum absolute atomic E-state index is 0.583. The molecule has 1 rings (SSSR count). The molecule has 0 amide bonds. The van der Waals surface area contributed by atoms with E-state index in [0.717, 1.165) is 18.8 Å².